The van der Waals surface area contributed by atoms with Gasteiger partial charge in [0.15, 0.2) is 0 Å². The average molecular weight is 481 g/mol. The Balaban J connectivity index is 1.82. The Hall–Kier alpha value is -2.93. The molecule has 0 radical (unpaired) electrons. The number of aliphatic hydroxyl groups excluding tert-OH is 1. The fourth-order valence-electron chi connectivity index (χ4n) is 4.46. The van der Waals surface area contributed by atoms with E-state index in [9.17, 15) is 14.7 Å². The number of anilines is 1. The topological polar surface area (TPSA) is 103 Å². The zero-order valence-corrected chi connectivity index (χ0v) is 21.3. The van der Waals surface area contributed by atoms with Crippen molar-refractivity contribution >= 4 is 17.6 Å². The number of nitrogens with zero attached hydrogens (tertiary/aromatic N) is 1. The van der Waals surface area contributed by atoms with Crippen molar-refractivity contribution in [3.05, 3.63) is 58.8 Å². The van der Waals surface area contributed by atoms with Crippen LogP contribution in [-0.2, 0) is 17.6 Å². The molecular weight excluding hydrogens is 440 g/mol. The Morgan fingerprint density at radius 3 is 2.83 bits per heavy atom. The molecule has 2 heterocycles. The highest BCUT2D eigenvalue weighted by Gasteiger charge is 2.27. The summed E-state index contributed by atoms with van der Waals surface area (Å²) in [6.07, 6.45) is 4.84. The van der Waals surface area contributed by atoms with Gasteiger partial charge in [-0.2, -0.15) is 0 Å². The lowest BCUT2D eigenvalue weighted by Crippen LogP contribution is -2.46. The number of fused-ring (bicyclic) bond motifs is 4. The first kappa shape index (κ1) is 26.7. The van der Waals surface area contributed by atoms with Crippen molar-refractivity contribution in [2.75, 3.05) is 18.4 Å². The summed E-state index contributed by atoms with van der Waals surface area (Å²) >= 11 is 0. The van der Waals surface area contributed by atoms with Gasteiger partial charge in [-0.3, -0.25) is 9.59 Å². The van der Waals surface area contributed by atoms with Gasteiger partial charge in [-0.05, 0) is 68.7 Å². The number of aliphatic hydroxyl groups is 1. The Labute approximate surface area is 209 Å². The number of hydrogen-bond donors (Lipinski definition) is 4. The van der Waals surface area contributed by atoms with Gasteiger partial charge in [0.2, 0.25) is 5.91 Å². The number of unbranched alkanes of at least 4 members (excludes halogenated alkanes) is 1. The first-order valence-corrected chi connectivity index (χ1v) is 12.9. The molecule has 7 heteroatoms. The second-order valence-electron chi connectivity index (χ2n) is 9.72. The molecule has 190 valence electrons. The van der Waals surface area contributed by atoms with Crippen LogP contribution >= 0.6 is 0 Å². The molecule has 0 unspecified atom stereocenters. The molecule has 0 aliphatic carbocycles. The van der Waals surface area contributed by atoms with Crippen LogP contribution in [0.2, 0.25) is 0 Å². The van der Waals surface area contributed by atoms with E-state index in [1.807, 2.05) is 26.0 Å². The molecular formula is C28H40N4O3. The van der Waals surface area contributed by atoms with Gasteiger partial charge in [0.05, 0.1) is 12.1 Å². The van der Waals surface area contributed by atoms with E-state index in [-0.39, 0.29) is 24.2 Å². The molecule has 0 fully saturated rings. The van der Waals surface area contributed by atoms with Gasteiger partial charge in [0.25, 0.3) is 5.91 Å². The number of benzene rings is 1. The summed E-state index contributed by atoms with van der Waals surface area (Å²) in [6, 6.07) is 11.3. The van der Waals surface area contributed by atoms with Gasteiger partial charge < -0.3 is 21.1 Å². The smallest absolute Gasteiger partial charge is 0.251 e. The number of aromatic nitrogens is 1. The van der Waals surface area contributed by atoms with Crippen LogP contribution in [0.25, 0.3) is 0 Å². The van der Waals surface area contributed by atoms with Gasteiger partial charge in [0, 0.05) is 30.3 Å². The van der Waals surface area contributed by atoms with E-state index in [0.717, 1.165) is 49.9 Å². The Morgan fingerprint density at radius 2 is 2.03 bits per heavy atom. The lowest BCUT2D eigenvalue weighted by molar-refractivity contribution is -0.125. The molecule has 4 N–H and O–H groups in total. The number of amides is 2. The molecule has 0 saturated carbocycles. The normalized spacial score (nSPS) is 18.3. The SMILES string of the molecule is CCCCNC(=O)[C@H](C)C[C@H](O)[C@@H]1Cc2cccc(c2)CCCCNc2cc(cc(C)n2)C(=O)N1. The molecule has 1 aliphatic rings. The minimum Gasteiger partial charge on any atom is -0.391 e. The highest BCUT2D eigenvalue weighted by molar-refractivity contribution is 5.95. The van der Waals surface area contributed by atoms with Crippen molar-refractivity contribution in [1.29, 1.82) is 0 Å². The summed E-state index contributed by atoms with van der Waals surface area (Å²) < 4.78 is 0. The van der Waals surface area contributed by atoms with Gasteiger partial charge in [-0.25, -0.2) is 4.98 Å². The standard InChI is InChI=1S/C28H40N4O3/c1-4-5-12-30-27(34)19(2)14-25(33)24-17-22-11-8-10-21(16-22)9-6-7-13-29-26-18-23(28(35)32-24)15-20(3)31-26/h8,10-11,15-16,18-19,24-25,33H,4-7,9,12-14,17H2,1-3H3,(H,29,31)(H,30,34)(H,32,35)/t19-,24+,25+/m1/s1. The summed E-state index contributed by atoms with van der Waals surface area (Å²) in [6.45, 7) is 7.20. The molecule has 1 aliphatic heterocycles. The van der Waals surface area contributed by atoms with Crippen LogP contribution in [-0.4, -0.2) is 47.1 Å². The summed E-state index contributed by atoms with van der Waals surface area (Å²) in [5.74, 6) is -0.00199. The molecule has 4 bridgehead atoms. The van der Waals surface area contributed by atoms with E-state index in [1.54, 1.807) is 12.1 Å². The fraction of sp³-hybridized carbons (Fsp3) is 0.536. The number of pyridine rings is 1. The molecule has 0 saturated heterocycles. The van der Waals surface area contributed by atoms with Crippen molar-refractivity contribution in [2.45, 2.75) is 77.9 Å². The predicted octanol–water partition coefficient (Wildman–Crippen LogP) is 3.78. The maximum atomic E-state index is 13.2. The molecule has 3 atom stereocenters. The third-order valence-electron chi connectivity index (χ3n) is 6.51. The van der Waals surface area contributed by atoms with E-state index in [2.05, 4.69) is 40.0 Å². The van der Waals surface area contributed by atoms with Crippen LogP contribution in [0.3, 0.4) is 0 Å². The van der Waals surface area contributed by atoms with Crippen LogP contribution in [0, 0.1) is 12.8 Å². The maximum Gasteiger partial charge on any atom is 0.251 e. The minimum absolute atomic E-state index is 0.0663. The van der Waals surface area contributed by atoms with Crippen LogP contribution < -0.4 is 16.0 Å². The largest absolute Gasteiger partial charge is 0.391 e. The summed E-state index contributed by atoms with van der Waals surface area (Å²) in [4.78, 5) is 30.2. The van der Waals surface area contributed by atoms with Gasteiger partial charge in [-0.1, -0.05) is 44.5 Å². The second kappa shape index (κ2) is 13.2. The zero-order valence-electron chi connectivity index (χ0n) is 21.3. The van der Waals surface area contributed by atoms with Gasteiger partial charge >= 0.3 is 0 Å². The molecule has 7 nitrogen and oxygen atoms in total. The second-order valence-corrected chi connectivity index (χ2v) is 9.72. The molecule has 3 rings (SSSR count). The molecule has 35 heavy (non-hydrogen) atoms. The Kier molecular flexibility index (Phi) is 10.1. The lowest BCUT2D eigenvalue weighted by atomic mass is 9.92. The number of aryl methyl sites for hydroxylation is 2. The predicted molar refractivity (Wildman–Crippen MR) is 140 cm³/mol. The van der Waals surface area contributed by atoms with Crippen molar-refractivity contribution in [2.24, 2.45) is 5.92 Å². The number of hydrogen-bond acceptors (Lipinski definition) is 5. The van der Waals surface area contributed by atoms with Crippen LogP contribution in [0.4, 0.5) is 5.82 Å². The number of rotatable bonds is 7. The fourth-order valence-corrected chi connectivity index (χ4v) is 4.46. The van der Waals surface area contributed by atoms with Crippen molar-refractivity contribution in [3.8, 4) is 0 Å². The summed E-state index contributed by atoms with van der Waals surface area (Å²) in [7, 11) is 0. The summed E-state index contributed by atoms with van der Waals surface area (Å²) in [5, 5.41) is 20.5. The van der Waals surface area contributed by atoms with E-state index in [4.69, 9.17) is 0 Å². The number of carbonyl (C=O) groups is 2. The summed E-state index contributed by atoms with van der Waals surface area (Å²) in [5.41, 5.74) is 3.57. The van der Waals surface area contributed by atoms with Crippen LogP contribution in [0.15, 0.2) is 36.4 Å². The molecule has 0 spiro atoms. The minimum atomic E-state index is -0.870. The van der Waals surface area contributed by atoms with Crippen molar-refractivity contribution in [3.63, 3.8) is 0 Å². The molecule has 2 aromatic rings. The average Bonchev–Trinajstić information content (AvgIpc) is 2.83. The third-order valence-corrected chi connectivity index (χ3v) is 6.51. The van der Waals surface area contributed by atoms with Crippen LogP contribution in [0.5, 0.6) is 0 Å². The Bertz CT molecular complexity index is 994. The van der Waals surface area contributed by atoms with E-state index < -0.39 is 12.1 Å². The molecule has 1 aromatic carbocycles. The van der Waals surface area contributed by atoms with Crippen molar-refractivity contribution < 1.29 is 14.7 Å². The van der Waals surface area contributed by atoms with Crippen molar-refractivity contribution in [1.82, 2.24) is 15.6 Å². The lowest BCUT2D eigenvalue weighted by Gasteiger charge is -2.26. The van der Waals surface area contributed by atoms with E-state index in [1.165, 1.54) is 5.56 Å². The molecule has 1 aromatic heterocycles. The maximum absolute atomic E-state index is 13.2. The first-order valence-electron chi connectivity index (χ1n) is 12.9. The first-order chi connectivity index (χ1) is 16.9. The number of nitrogens with one attached hydrogen (secondary N) is 3. The van der Waals surface area contributed by atoms with E-state index in [0.29, 0.717) is 24.3 Å². The Morgan fingerprint density at radius 1 is 1.23 bits per heavy atom. The monoisotopic (exact) mass is 480 g/mol. The zero-order chi connectivity index (χ0) is 25.2. The highest BCUT2D eigenvalue weighted by Crippen LogP contribution is 2.18. The van der Waals surface area contributed by atoms with E-state index >= 15 is 0 Å². The number of carbonyl (C=O) groups excluding carboxylic acids is 2. The van der Waals surface area contributed by atoms with Crippen LogP contribution in [0.1, 0.15) is 73.1 Å². The van der Waals surface area contributed by atoms with Gasteiger partial charge in [-0.15, -0.1) is 0 Å². The highest BCUT2D eigenvalue weighted by atomic mass is 16.3. The quantitative estimate of drug-likeness (QED) is 0.452. The third kappa shape index (κ3) is 8.35. The molecule has 2 amide bonds. The van der Waals surface area contributed by atoms with Gasteiger partial charge in [0.1, 0.15) is 5.82 Å².